The van der Waals surface area contributed by atoms with Crippen LogP contribution in [-0.4, -0.2) is 47.7 Å². The fourth-order valence-corrected chi connectivity index (χ4v) is 3.75. The molecule has 1 heterocycles. The lowest BCUT2D eigenvalue weighted by Crippen LogP contribution is -2.43. The molecule has 2 fully saturated rings. The Bertz CT molecular complexity index is 612. The van der Waals surface area contributed by atoms with Gasteiger partial charge in [-0.3, -0.25) is 9.59 Å². The predicted octanol–water partition coefficient (Wildman–Crippen LogP) is 2.57. The van der Waals surface area contributed by atoms with Crippen LogP contribution < -0.4 is 0 Å². The summed E-state index contributed by atoms with van der Waals surface area (Å²) >= 11 is 3.41. The third-order valence-corrected chi connectivity index (χ3v) is 5.47. The molecule has 2 aliphatic rings. The van der Waals surface area contributed by atoms with Gasteiger partial charge in [-0.2, -0.15) is 0 Å². The molecule has 1 saturated heterocycles. The second-order valence-corrected chi connectivity index (χ2v) is 7.31. The van der Waals surface area contributed by atoms with Crippen LogP contribution in [-0.2, 0) is 19.7 Å². The van der Waals surface area contributed by atoms with E-state index in [1.807, 2.05) is 24.3 Å². The van der Waals surface area contributed by atoms with E-state index in [1.165, 1.54) is 0 Å². The van der Waals surface area contributed by atoms with Gasteiger partial charge in [-0.05, 0) is 37.0 Å². The van der Waals surface area contributed by atoms with Gasteiger partial charge in [-0.1, -0.05) is 28.1 Å². The first kappa shape index (κ1) is 16.5. The summed E-state index contributed by atoms with van der Waals surface area (Å²) in [7, 11) is 1.61. The van der Waals surface area contributed by atoms with Gasteiger partial charge in [0.1, 0.15) is 0 Å². The predicted molar refractivity (Wildman–Crippen MR) is 88.2 cm³/mol. The van der Waals surface area contributed by atoms with Gasteiger partial charge in [0.05, 0.1) is 17.9 Å². The molecule has 3 rings (SSSR count). The molecule has 1 aliphatic heterocycles. The highest BCUT2D eigenvalue weighted by atomic mass is 79.9. The third-order valence-electron chi connectivity index (χ3n) is 4.94. The van der Waals surface area contributed by atoms with Crippen LogP contribution in [0.15, 0.2) is 28.7 Å². The van der Waals surface area contributed by atoms with Gasteiger partial charge >= 0.3 is 5.97 Å². The number of carboxylic acid groups (broad SMARTS) is 1. The first-order chi connectivity index (χ1) is 11.0. The van der Waals surface area contributed by atoms with E-state index in [9.17, 15) is 9.59 Å². The molecular weight excluding hydrogens is 362 g/mol. The molecule has 1 aromatic rings. The summed E-state index contributed by atoms with van der Waals surface area (Å²) in [4.78, 5) is 26.0. The lowest BCUT2D eigenvalue weighted by Gasteiger charge is -2.28. The molecule has 23 heavy (non-hydrogen) atoms. The zero-order valence-corrected chi connectivity index (χ0v) is 14.6. The van der Waals surface area contributed by atoms with Crippen molar-refractivity contribution in [3.05, 3.63) is 34.3 Å². The van der Waals surface area contributed by atoms with Crippen LogP contribution in [0.1, 0.15) is 31.2 Å². The molecule has 1 saturated carbocycles. The van der Waals surface area contributed by atoms with Crippen molar-refractivity contribution in [2.75, 3.05) is 13.7 Å². The fraction of sp³-hybridized carbons (Fsp3) is 0.529. The Balaban J connectivity index is 1.83. The molecule has 0 bridgehead atoms. The van der Waals surface area contributed by atoms with E-state index < -0.39 is 11.4 Å². The number of aliphatic carboxylic acids is 1. The van der Waals surface area contributed by atoms with E-state index in [4.69, 9.17) is 9.84 Å². The van der Waals surface area contributed by atoms with E-state index in [2.05, 4.69) is 15.9 Å². The number of rotatable bonds is 5. The lowest BCUT2D eigenvalue weighted by atomic mass is 9.94. The summed E-state index contributed by atoms with van der Waals surface area (Å²) < 4.78 is 6.35. The normalized spacial score (nSPS) is 25.4. The number of hydrogen-bond acceptors (Lipinski definition) is 3. The Morgan fingerprint density at radius 2 is 2.00 bits per heavy atom. The molecule has 0 radical (unpaired) electrons. The number of carbonyl (C=O) groups excluding carboxylic acids is 1. The summed E-state index contributed by atoms with van der Waals surface area (Å²) in [6.07, 6.45) is 2.12. The first-order valence-electron chi connectivity index (χ1n) is 7.78. The molecular formula is C17H20BrNO4. The van der Waals surface area contributed by atoms with E-state index >= 15 is 0 Å². The Hall–Kier alpha value is -1.40. The third kappa shape index (κ3) is 3.15. The topological polar surface area (TPSA) is 66.8 Å². The zero-order chi connectivity index (χ0) is 16.6. The Labute approximate surface area is 143 Å². The molecule has 2 unspecified atom stereocenters. The van der Waals surface area contributed by atoms with Gasteiger partial charge in [0.2, 0.25) is 5.91 Å². The number of carbonyl (C=O) groups is 2. The number of nitrogens with zero attached hydrogens (tertiary/aromatic N) is 1. The van der Waals surface area contributed by atoms with Crippen LogP contribution in [0.3, 0.4) is 0 Å². The van der Waals surface area contributed by atoms with Crippen LogP contribution in [0, 0.1) is 0 Å². The maximum absolute atomic E-state index is 13.1. The fourth-order valence-electron chi connectivity index (χ4n) is 3.48. The minimum atomic E-state index is -0.877. The second kappa shape index (κ2) is 6.24. The maximum Gasteiger partial charge on any atom is 0.305 e. The van der Waals surface area contributed by atoms with E-state index in [1.54, 1.807) is 12.0 Å². The van der Waals surface area contributed by atoms with Gasteiger partial charge in [0.25, 0.3) is 0 Å². The number of halogens is 1. The zero-order valence-electron chi connectivity index (χ0n) is 13.0. The Morgan fingerprint density at radius 1 is 1.35 bits per heavy atom. The van der Waals surface area contributed by atoms with E-state index in [0.717, 1.165) is 22.9 Å². The minimum Gasteiger partial charge on any atom is -0.481 e. The molecule has 1 N–H and O–H groups in total. The van der Waals surface area contributed by atoms with Crippen LogP contribution in [0.2, 0.25) is 0 Å². The summed E-state index contributed by atoms with van der Waals surface area (Å²) in [5.41, 5.74) is 0.542. The number of amides is 1. The van der Waals surface area contributed by atoms with Crippen molar-refractivity contribution >= 4 is 27.8 Å². The SMILES string of the molecule is COC1CC(CC(=O)O)N(C(=O)C2(c3ccc(Br)cc3)CC2)C1. The monoisotopic (exact) mass is 381 g/mol. The van der Waals surface area contributed by atoms with Crippen molar-refractivity contribution in [2.45, 2.75) is 43.2 Å². The van der Waals surface area contributed by atoms with Gasteiger partial charge in [0, 0.05) is 24.2 Å². The van der Waals surface area contributed by atoms with Crippen molar-refractivity contribution in [1.29, 1.82) is 0 Å². The molecule has 6 heteroatoms. The van der Waals surface area contributed by atoms with Crippen molar-refractivity contribution in [2.24, 2.45) is 0 Å². The van der Waals surface area contributed by atoms with Crippen molar-refractivity contribution < 1.29 is 19.4 Å². The Kier molecular flexibility index (Phi) is 4.47. The number of carboxylic acids is 1. The van der Waals surface area contributed by atoms with Gasteiger partial charge in [-0.15, -0.1) is 0 Å². The first-order valence-corrected chi connectivity index (χ1v) is 8.57. The summed E-state index contributed by atoms with van der Waals surface area (Å²) in [5, 5.41) is 9.11. The highest BCUT2D eigenvalue weighted by Gasteiger charge is 2.55. The van der Waals surface area contributed by atoms with E-state index in [0.29, 0.717) is 13.0 Å². The summed E-state index contributed by atoms with van der Waals surface area (Å²) in [6.45, 7) is 0.478. The molecule has 0 spiro atoms. The standard InChI is InChI=1S/C17H20BrNO4/c1-23-14-8-13(9-15(20)21)19(10-14)16(22)17(6-7-17)11-2-4-12(18)5-3-11/h2-5,13-14H,6-10H2,1H3,(H,20,21). The quantitative estimate of drug-likeness (QED) is 0.850. The number of methoxy groups -OCH3 is 1. The number of hydrogen-bond donors (Lipinski definition) is 1. The highest BCUT2D eigenvalue weighted by molar-refractivity contribution is 9.10. The molecule has 0 aromatic heterocycles. The number of likely N-dealkylation sites (tertiary alicyclic amines) is 1. The molecule has 124 valence electrons. The molecule has 1 amide bonds. The van der Waals surface area contributed by atoms with Gasteiger partial charge in [0.15, 0.2) is 0 Å². The largest absolute Gasteiger partial charge is 0.481 e. The smallest absolute Gasteiger partial charge is 0.305 e. The Morgan fingerprint density at radius 3 is 2.52 bits per heavy atom. The number of ether oxygens (including phenoxy) is 1. The van der Waals surface area contributed by atoms with Crippen LogP contribution in [0.5, 0.6) is 0 Å². The van der Waals surface area contributed by atoms with Gasteiger partial charge < -0.3 is 14.7 Å². The maximum atomic E-state index is 13.1. The van der Waals surface area contributed by atoms with Crippen molar-refractivity contribution in [1.82, 2.24) is 4.90 Å². The number of benzene rings is 1. The molecule has 1 aromatic carbocycles. The average Bonchev–Trinajstić information content (AvgIpc) is 3.23. The molecule has 1 aliphatic carbocycles. The minimum absolute atomic E-state index is 0.0258. The molecule has 2 atom stereocenters. The molecule has 5 nitrogen and oxygen atoms in total. The summed E-state index contributed by atoms with van der Waals surface area (Å²) in [6, 6.07) is 7.56. The van der Waals surface area contributed by atoms with Crippen LogP contribution in [0.4, 0.5) is 0 Å². The second-order valence-electron chi connectivity index (χ2n) is 6.39. The average molecular weight is 382 g/mol. The summed E-state index contributed by atoms with van der Waals surface area (Å²) in [5.74, 6) is -0.830. The van der Waals surface area contributed by atoms with Crippen LogP contribution >= 0.6 is 15.9 Å². The van der Waals surface area contributed by atoms with E-state index in [-0.39, 0.29) is 24.5 Å². The highest BCUT2D eigenvalue weighted by Crippen LogP contribution is 2.50. The van der Waals surface area contributed by atoms with Crippen LogP contribution in [0.25, 0.3) is 0 Å². The van der Waals surface area contributed by atoms with Crippen molar-refractivity contribution in [3.63, 3.8) is 0 Å². The lowest BCUT2D eigenvalue weighted by molar-refractivity contribution is -0.140. The van der Waals surface area contributed by atoms with Gasteiger partial charge in [-0.25, -0.2) is 0 Å². The van der Waals surface area contributed by atoms with Crippen molar-refractivity contribution in [3.8, 4) is 0 Å².